The first-order valence-electron chi connectivity index (χ1n) is 8.04. The van der Waals surface area contributed by atoms with Gasteiger partial charge in [-0.2, -0.15) is 0 Å². The molecule has 0 bridgehead atoms. The first-order chi connectivity index (χ1) is 12.8. The molecule has 0 spiro atoms. The highest BCUT2D eigenvalue weighted by Gasteiger charge is 2.07. The van der Waals surface area contributed by atoms with Crippen LogP contribution in [-0.4, -0.2) is 28.8 Å². The molecule has 5 nitrogen and oxygen atoms in total. The molecule has 1 aromatic heterocycles. The summed E-state index contributed by atoms with van der Waals surface area (Å²) in [5.41, 5.74) is 3.48. The third-order valence-corrected chi connectivity index (χ3v) is 3.56. The number of nitrogens with zero attached hydrogens (tertiary/aromatic N) is 3. The minimum absolute atomic E-state index is 0.412. The summed E-state index contributed by atoms with van der Waals surface area (Å²) in [6.07, 6.45) is 6.01. The largest absolute Gasteiger partial charge is 0.466 e. The molecular formula is C21H17N3O2. The van der Waals surface area contributed by atoms with E-state index in [9.17, 15) is 4.79 Å². The molecule has 0 saturated carbocycles. The molecule has 0 aliphatic rings. The van der Waals surface area contributed by atoms with Gasteiger partial charge in [0, 0.05) is 17.2 Å². The van der Waals surface area contributed by atoms with E-state index >= 15 is 0 Å². The monoisotopic (exact) mass is 343 g/mol. The molecule has 0 radical (unpaired) electrons. The number of aliphatic imine (C=N–C) groups is 1. The zero-order valence-electron chi connectivity index (χ0n) is 14.2. The van der Waals surface area contributed by atoms with Gasteiger partial charge in [0.15, 0.2) is 5.82 Å². The standard InChI is InChI=1S/C21H17N3O2/c1-26-20(25)13-12-19-22-14-18(15-23-19)24-21(16-8-4-2-5-9-16)17-10-6-3-7-11-17/h2-15H,1H3/b13-12+. The van der Waals surface area contributed by atoms with Gasteiger partial charge in [-0.15, -0.1) is 0 Å². The van der Waals surface area contributed by atoms with Gasteiger partial charge in [0.25, 0.3) is 0 Å². The first kappa shape index (κ1) is 17.2. The van der Waals surface area contributed by atoms with E-state index in [-0.39, 0.29) is 0 Å². The van der Waals surface area contributed by atoms with E-state index in [4.69, 9.17) is 4.99 Å². The van der Waals surface area contributed by atoms with Crippen molar-refractivity contribution in [2.75, 3.05) is 7.11 Å². The Morgan fingerprint density at radius 2 is 1.46 bits per heavy atom. The fourth-order valence-electron chi connectivity index (χ4n) is 2.30. The lowest BCUT2D eigenvalue weighted by molar-refractivity contribution is -0.134. The molecule has 0 N–H and O–H groups in total. The van der Waals surface area contributed by atoms with Crippen LogP contribution in [0.3, 0.4) is 0 Å². The Kier molecular flexibility index (Phi) is 5.62. The Hall–Kier alpha value is -3.60. The molecule has 0 aliphatic heterocycles. The van der Waals surface area contributed by atoms with Crippen LogP contribution in [0.2, 0.25) is 0 Å². The lowest BCUT2D eigenvalue weighted by Crippen LogP contribution is -2.02. The van der Waals surface area contributed by atoms with Crippen LogP contribution in [0.4, 0.5) is 5.69 Å². The van der Waals surface area contributed by atoms with Gasteiger partial charge in [-0.25, -0.2) is 19.8 Å². The predicted octanol–water partition coefficient (Wildman–Crippen LogP) is 3.83. The zero-order chi connectivity index (χ0) is 18.2. The van der Waals surface area contributed by atoms with Crippen molar-refractivity contribution in [1.82, 2.24) is 9.97 Å². The highest BCUT2D eigenvalue weighted by atomic mass is 16.5. The highest BCUT2D eigenvalue weighted by molar-refractivity contribution is 6.13. The van der Waals surface area contributed by atoms with Crippen molar-refractivity contribution in [1.29, 1.82) is 0 Å². The lowest BCUT2D eigenvalue weighted by atomic mass is 10.0. The summed E-state index contributed by atoms with van der Waals surface area (Å²) < 4.78 is 4.54. The number of carbonyl (C=O) groups is 1. The lowest BCUT2D eigenvalue weighted by Gasteiger charge is -2.07. The van der Waals surface area contributed by atoms with Crippen molar-refractivity contribution in [3.63, 3.8) is 0 Å². The fourth-order valence-corrected chi connectivity index (χ4v) is 2.30. The van der Waals surface area contributed by atoms with Crippen LogP contribution in [0.25, 0.3) is 6.08 Å². The van der Waals surface area contributed by atoms with Crippen molar-refractivity contribution < 1.29 is 9.53 Å². The van der Waals surface area contributed by atoms with Crippen molar-refractivity contribution in [3.8, 4) is 0 Å². The molecule has 2 aromatic carbocycles. The molecular weight excluding hydrogens is 326 g/mol. The summed E-state index contributed by atoms with van der Waals surface area (Å²) in [5.74, 6) is -0.0403. The number of hydrogen-bond donors (Lipinski definition) is 0. The average Bonchev–Trinajstić information content (AvgIpc) is 2.72. The molecule has 5 heteroatoms. The molecule has 1 heterocycles. The minimum Gasteiger partial charge on any atom is -0.466 e. The Labute approximate surface area is 151 Å². The van der Waals surface area contributed by atoms with E-state index in [0.29, 0.717) is 11.5 Å². The predicted molar refractivity (Wildman–Crippen MR) is 101 cm³/mol. The Morgan fingerprint density at radius 1 is 0.923 bits per heavy atom. The summed E-state index contributed by atoms with van der Waals surface area (Å²) in [5, 5.41) is 0. The fraction of sp³-hybridized carbons (Fsp3) is 0.0476. The number of methoxy groups -OCH3 is 1. The molecule has 0 aliphatic carbocycles. The normalized spacial score (nSPS) is 10.5. The van der Waals surface area contributed by atoms with E-state index < -0.39 is 5.97 Å². The van der Waals surface area contributed by atoms with E-state index in [1.54, 1.807) is 12.4 Å². The molecule has 0 saturated heterocycles. The van der Waals surface area contributed by atoms with Gasteiger partial charge in [0.1, 0.15) is 5.69 Å². The van der Waals surface area contributed by atoms with Gasteiger partial charge in [0.2, 0.25) is 0 Å². The number of carbonyl (C=O) groups excluding carboxylic acids is 1. The van der Waals surface area contributed by atoms with Gasteiger partial charge >= 0.3 is 5.97 Å². The van der Waals surface area contributed by atoms with Crippen LogP contribution in [0, 0.1) is 0 Å². The van der Waals surface area contributed by atoms with E-state index in [2.05, 4.69) is 14.7 Å². The Morgan fingerprint density at radius 3 is 1.96 bits per heavy atom. The number of benzene rings is 2. The Bertz CT molecular complexity index is 877. The van der Waals surface area contributed by atoms with Crippen LogP contribution >= 0.6 is 0 Å². The molecule has 26 heavy (non-hydrogen) atoms. The molecule has 128 valence electrons. The van der Waals surface area contributed by atoms with Crippen LogP contribution < -0.4 is 0 Å². The number of esters is 1. The van der Waals surface area contributed by atoms with Crippen molar-refractivity contribution >= 4 is 23.4 Å². The van der Waals surface area contributed by atoms with Gasteiger partial charge < -0.3 is 4.74 Å². The second kappa shape index (κ2) is 8.48. The highest BCUT2D eigenvalue weighted by Crippen LogP contribution is 2.17. The summed E-state index contributed by atoms with van der Waals surface area (Å²) in [4.78, 5) is 24.3. The molecule has 0 fully saturated rings. The molecule has 0 atom stereocenters. The Balaban J connectivity index is 1.93. The summed E-state index contributed by atoms with van der Waals surface area (Å²) in [6, 6.07) is 19.9. The number of rotatable bonds is 5. The van der Waals surface area contributed by atoms with Crippen LogP contribution in [0.1, 0.15) is 17.0 Å². The number of hydrogen-bond acceptors (Lipinski definition) is 5. The molecule has 0 unspecified atom stereocenters. The SMILES string of the molecule is COC(=O)/C=C/c1ncc(N=C(c2ccccc2)c2ccccc2)cn1. The number of ether oxygens (including phenoxy) is 1. The van der Waals surface area contributed by atoms with Crippen LogP contribution in [0.15, 0.2) is 84.1 Å². The second-order valence-corrected chi connectivity index (χ2v) is 5.35. The van der Waals surface area contributed by atoms with Crippen LogP contribution in [0.5, 0.6) is 0 Å². The molecule has 0 amide bonds. The minimum atomic E-state index is -0.453. The van der Waals surface area contributed by atoms with E-state index in [1.807, 2.05) is 60.7 Å². The van der Waals surface area contributed by atoms with Crippen molar-refractivity contribution in [3.05, 3.63) is 96.1 Å². The maximum Gasteiger partial charge on any atom is 0.330 e. The smallest absolute Gasteiger partial charge is 0.330 e. The number of aromatic nitrogens is 2. The maximum absolute atomic E-state index is 11.1. The van der Waals surface area contributed by atoms with Gasteiger partial charge in [-0.3, -0.25) is 0 Å². The zero-order valence-corrected chi connectivity index (χ0v) is 14.2. The van der Waals surface area contributed by atoms with Crippen molar-refractivity contribution in [2.24, 2.45) is 4.99 Å². The quantitative estimate of drug-likeness (QED) is 0.401. The topological polar surface area (TPSA) is 64.4 Å². The summed E-state index contributed by atoms with van der Waals surface area (Å²) in [7, 11) is 1.32. The summed E-state index contributed by atoms with van der Waals surface area (Å²) in [6.45, 7) is 0. The molecule has 3 rings (SSSR count). The molecule has 3 aromatic rings. The third-order valence-electron chi connectivity index (χ3n) is 3.56. The van der Waals surface area contributed by atoms with Gasteiger partial charge in [0.05, 0.1) is 25.2 Å². The van der Waals surface area contributed by atoms with E-state index in [0.717, 1.165) is 16.8 Å². The third kappa shape index (κ3) is 4.48. The average molecular weight is 343 g/mol. The van der Waals surface area contributed by atoms with Crippen molar-refractivity contribution in [2.45, 2.75) is 0 Å². The van der Waals surface area contributed by atoms with Gasteiger partial charge in [-0.05, 0) is 6.08 Å². The first-order valence-corrected chi connectivity index (χ1v) is 8.04. The second-order valence-electron chi connectivity index (χ2n) is 5.35. The summed E-state index contributed by atoms with van der Waals surface area (Å²) >= 11 is 0. The van der Waals surface area contributed by atoms with E-state index in [1.165, 1.54) is 19.3 Å². The van der Waals surface area contributed by atoms with Crippen LogP contribution in [-0.2, 0) is 9.53 Å². The van der Waals surface area contributed by atoms with Gasteiger partial charge in [-0.1, -0.05) is 60.7 Å². The maximum atomic E-state index is 11.1.